The van der Waals surface area contributed by atoms with E-state index in [2.05, 4.69) is 249 Å². The number of aromatic nitrogens is 1. The van der Waals surface area contributed by atoms with Crippen LogP contribution in [0.3, 0.4) is 0 Å². The van der Waals surface area contributed by atoms with Crippen molar-refractivity contribution in [2.45, 2.75) is 0 Å². The molecule has 0 saturated carbocycles. The van der Waals surface area contributed by atoms with Crippen molar-refractivity contribution >= 4 is 0 Å². The molecule has 9 aromatic carbocycles. The zero-order valence-electron chi connectivity index (χ0n) is 33.1. The van der Waals surface area contributed by atoms with Gasteiger partial charge in [0.25, 0.3) is 0 Å². The molecule has 60 heavy (non-hydrogen) atoms. The van der Waals surface area contributed by atoms with Crippen LogP contribution in [0, 0.1) is 0 Å². The molecule has 0 aliphatic carbocycles. The molecule has 0 fully saturated rings. The SMILES string of the molecule is c1ccc(-c2ccc(-c3cc(-c4ccccc4)cc(-c4cc(-c5ccccc5)nc(-c5cc(-c6ccccc6)cc(-c6ccc(-c7ccccc7)cc6)c5)c4)c3)cc2)cc1. The van der Waals surface area contributed by atoms with Crippen molar-refractivity contribution in [1.29, 1.82) is 0 Å². The molecule has 1 nitrogen and oxygen atoms in total. The standard InChI is InChI=1S/C59H41N/c1-6-16-42(17-7-1)46-26-30-48(31-27-46)52-34-51(44-20-10-3-11-21-44)36-55(37-52)56-40-58(50-24-14-5-15-25-50)60-59(41-56)57-38-53(45-22-12-4-13-23-45)35-54(39-57)49-32-28-47(29-33-49)43-18-8-2-9-19-43/h1-41H. The van der Waals surface area contributed by atoms with Crippen LogP contribution >= 0.6 is 0 Å². The average Bonchev–Trinajstić information content (AvgIpc) is 3.35. The number of rotatable bonds is 9. The molecule has 0 spiro atoms. The fourth-order valence-corrected chi connectivity index (χ4v) is 8.07. The van der Waals surface area contributed by atoms with Crippen molar-refractivity contribution in [2.24, 2.45) is 0 Å². The van der Waals surface area contributed by atoms with Gasteiger partial charge in [-0.25, -0.2) is 4.98 Å². The zero-order chi connectivity index (χ0) is 40.1. The summed E-state index contributed by atoms with van der Waals surface area (Å²) in [6.45, 7) is 0. The van der Waals surface area contributed by atoms with Gasteiger partial charge in [0.2, 0.25) is 0 Å². The predicted molar refractivity (Wildman–Crippen MR) is 253 cm³/mol. The van der Waals surface area contributed by atoms with Crippen molar-refractivity contribution in [3.8, 4) is 100 Å². The van der Waals surface area contributed by atoms with Gasteiger partial charge in [-0.05, 0) is 126 Å². The third kappa shape index (κ3) is 7.85. The minimum absolute atomic E-state index is 0.921. The maximum absolute atomic E-state index is 5.42. The van der Waals surface area contributed by atoms with E-state index < -0.39 is 0 Å². The number of hydrogen-bond acceptors (Lipinski definition) is 1. The molecule has 0 amide bonds. The monoisotopic (exact) mass is 763 g/mol. The van der Waals surface area contributed by atoms with E-state index in [4.69, 9.17) is 4.98 Å². The molecule has 1 aromatic heterocycles. The van der Waals surface area contributed by atoms with E-state index in [0.717, 1.165) is 55.9 Å². The lowest BCUT2D eigenvalue weighted by Gasteiger charge is -2.16. The van der Waals surface area contributed by atoms with Crippen LogP contribution in [0.15, 0.2) is 249 Å². The highest BCUT2D eigenvalue weighted by atomic mass is 14.7. The van der Waals surface area contributed by atoms with Crippen LogP contribution in [0.25, 0.3) is 100 Å². The fourth-order valence-electron chi connectivity index (χ4n) is 8.07. The van der Waals surface area contributed by atoms with E-state index >= 15 is 0 Å². The summed E-state index contributed by atoms with van der Waals surface area (Å²) in [5.41, 5.74) is 20.4. The number of nitrogens with zero attached hydrogens (tertiary/aromatic N) is 1. The highest BCUT2D eigenvalue weighted by Gasteiger charge is 2.15. The first-order valence-corrected chi connectivity index (χ1v) is 20.5. The highest BCUT2D eigenvalue weighted by molar-refractivity contribution is 5.87. The van der Waals surface area contributed by atoms with Crippen LogP contribution < -0.4 is 0 Å². The Balaban J connectivity index is 1.14. The van der Waals surface area contributed by atoms with Crippen molar-refractivity contribution in [3.05, 3.63) is 249 Å². The molecule has 10 aromatic rings. The molecule has 0 aliphatic rings. The minimum Gasteiger partial charge on any atom is -0.248 e. The molecular weight excluding hydrogens is 723 g/mol. The highest BCUT2D eigenvalue weighted by Crippen LogP contribution is 2.39. The topological polar surface area (TPSA) is 12.9 Å². The molecule has 0 unspecified atom stereocenters. The number of hydrogen-bond donors (Lipinski definition) is 0. The number of pyridine rings is 1. The van der Waals surface area contributed by atoms with Gasteiger partial charge in [0.1, 0.15) is 0 Å². The molecule has 0 aliphatic heterocycles. The minimum atomic E-state index is 0.921. The quantitative estimate of drug-likeness (QED) is 0.143. The fraction of sp³-hybridized carbons (Fsp3) is 0. The van der Waals surface area contributed by atoms with E-state index in [-0.39, 0.29) is 0 Å². The normalized spacial score (nSPS) is 11.0. The first kappa shape index (κ1) is 36.5. The Morgan fingerprint density at radius 1 is 0.150 bits per heavy atom. The summed E-state index contributed by atoms with van der Waals surface area (Å²) < 4.78 is 0. The predicted octanol–water partition coefficient (Wildman–Crippen LogP) is 16.1. The molecular formula is C59H41N. The molecule has 1 heterocycles. The van der Waals surface area contributed by atoms with Crippen LogP contribution in [0.5, 0.6) is 0 Å². The molecule has 0 bridgehead atoms. The van der Waals surface area contributed by atoms with Crippen molar-refractivity contribution in [2.75, 3.05) is 0 Å². The summed E-state index contributed by atoms with van der Waals surface area (Å²) >= 11 is 0. The molecule has 1 heteroatoms. The molecule has 0 atom stereocenters. The van der Waals surface area contributed by atoms with Crippen molar-refractivity contribution in [1.82, 2.24) is 4.98 Å². The van der Waals surface area contributed by atoms with Crippen LogP contribution in [-0.2, 0) is 0 Å². The van der Waals surface area contributed by atoms with Gasteiger partial charge in [0.15, 0.2) is 0 Å². The van der Waals surface area contributed by atoms with E-state index in [0.29, 0.717) is 0 Å². The van der Waals surface area contributed by atoms with Gasteiger partial charge >= 0.3 is 0 Å². The van der Waals surface area contributed by atoms with Crippen molar-refractivity contribution in [3.63, 3.8) is 0 Å². The van der Waals surface area contributed by atoms with Gasteiger partial charge in [0.05, 0.1) is 11.4 Å². The van der Waals surface area contributed by atoms with Crippen LogP contribution in [0.1, 0.15) is 0 Å². The van der Waals surface area contributed by atoms with E-state index in [1.54, 1.807) is 0 Å². The Kier molecular flexibility index (Phi) is 10.1. The lowest BCUT2D eigenvalue weighted by Crippen LogP contribution is -1.94. The van der Waals surface area contributed by atoms with Gasteiger partial charge in [-0.3, -0.25) is 0 Å². The second kappa shape index (κ2) is 16.5. The van der Waals surface area contributed by atoms with Crippen LogP contribution in [0.4, 0.5) is 0 Å². The van der Waals surface area contributed by atoms with Crippen LogP contribution in [-0.4, -0.2) is 4.98 Å². The molecule has 10 rings (SSSR count). The van der Waals surface area contributed by atoms with E-state index in [9.17, 15) is 0 Å². The molecule has 0 N–H and O–H groups in total. The number of benzene rings is 9. The summed E-state index contributed by atoms with van der Waals surface area (Å²) in [7, 11) is 0. The second-order valence-electron chi connectivity index (χ2n) is 15.2. The third-order valence-electron chi connectivity index (χ3n) is 11.3. The van der Waals surface area contributed by atoms with E-state index in [1.807, 2.05) is 0 Å². The van der Waals surface area contributed by atoms with Gasteiger partial charge in [-0.15, -0.1) is 0 Å². The van der Waals surface area contributed by atoms with Crippen molar-refractivity contribution < 1.29 is 0 Å². The van der Waals surface area contributed by atoms with Crippen LogP contribution in [0.2, 0.25) is 0 Å². The first-order chi connectivity index (χ1) is 29.7. The summed E-state index contributed by atoms with van der Waals surface area (Å²) in [5, 5.41) is 0. The zero-order valence-corrected chi connectivity index (χ0v) is 33.1. The Bertz CT molecular complexity index is 2820. The maximum atomic E-state index is 5.42. The molecule has 0 saturated heterocycles. The van der Waals surface area contributed by atoms with Gasteiger partial charge < -0.3 is 0 Å². The Labute approximate surface area is 352 Å². The average molecular weight is 764 g/mol. The second-order valence-corrected chi connectivity index (χ2v) is 15.2. The van der Waals surface area contributed by atoms with Gasteiger partial charge in [0, 0.05) is 11.1 Å². The largest absolute Gasteiger partial charge is 0.248 e. The third-order valence-corrected chi connectivity index (χ3v) is 11.3. The maximum Gasteiger partial charge on any atom is 0.0716 e. The summed E-state index contributed by atoms with van der Waals surface area (Å²) in [5.74, 6) is 0. The summed E-state index contributed by atoms with van der Waals surface area (Å²) in [6.07, 6.45) is 0. The van der Waals surface area contributed by atoms with Gasteiger partial charge in [-0.2, -0.15) is 0 Å². The summed E-state index contributed by atoms with van der Waals surface area (Å²) in [6, 6.07) is 89.2. The lowest BCUT2D eigenvalue weighted by atomic mass is 9.91. The molecule has 282 valence electrons. The molecule has 0 radical (unpaired) electrons. The Morgan fingerprint density at radius 2 is 0.350 bits per heavy atom. The Hall–Kier alpha value is -7.87. The van der Waals surface area contributed by atoms with E-state index in [1.165, 1.54) is 44.5 Å². The first-order valence-electron chi connectivity index (χ1n) is 20.5. The lowest BCUT2D eigenvalue weighted by molar-refractivity contribution is 1.32. The smallest absolute Gasteiger partial charge is 0.0716 e. The Morgan fingerprint density at radius 3 is 0.683 bits per heavy atom. The van der Waals surface area contributed by atoms with Gasteiger partial charge in [-0.1, -0.05) is 200 Å². The summed E-state index contributed by atoms with van der Waals surface area (Å²) in [4.78, 5) is 5.42.